The molecule has 2 aromatic rings. The molecule has 0 spiro atoms. The van der Waals surface area contributed by atoms with E-state index < -0.39 is 0 Å². The maximum Gasteiger partial charge on any atom is 0.252 e. The number of methoxy groups -OCH3 is 1. The Morgan fingerprint density at radius 3 is 2.71 bits per heavy atom. The van der Waals surface area contributed by atoms with Crippen LogP contribution >= 0.6 is 0 Å². The van der Waals surface area contributed by atoms with Gasteiger partial charge in [0.25, 0.3) is 5.91 Å². The molecule has 1 heterocycles. The van der Waals surface area contributed by atoms with Gasteiger partial charge in [-0.1, -0.05) is 25.8 Å². The molecule has 1 amide bonds. The van der Waals surface area contributed by atoms with Crippen LogP contribution in [0.2, 0.25) is 0 Å². The van der Waals surface area contributed by atoms with Crippen molar-refractivity contribution in [3.8, 4) is 0 Å². The Labute approximate surface area is 143 Å². The first kappa shape index (κ1) is 16.9. The summed E-state index contributed by atoms with van der Waals surface area (Å²) in [5.74, 6) is -0.0160. The smallest absolute Gasteiger partial charge is 0.252 e. The molecule has 4 heteroatoms. The zero-order valence-electron chi connectivity index (χ0n) is 14.8. The van der Waals surface area contributed by atoms with Crippen LogP contribution in [0.3, 0.4) is 0 Å². The summed E-state index contributed by atoms with van der Waals surface area (Å²) in [6, 6.07) is 8.08. The molecule has 4 nitrogen and oxygen atoms in total. The number of amides is 1. The van der Waals surface area contributed by atoms with Gasteiger partial charge in [0.15, 0.2) is 0 Å². The van der Waals surface area contributed by atoms with Crippen molar-refractivity contribution in [2.45, 2.75) is 51.5 Å². The van der Waals surface area contributed by atoms with E-state index in [1.54, 1.807) is 7.11 Å². The van der Waals surface area contributed by atoms with Crippen molar-refractivity contribution in [2.75, 3.05) is 13.7 Å². The number of ether oxygens (including phenoxy) is 1. The lowest BCUT2D eigenvalue weighted by Crippen LogP contribution is -2.49. The second-order valence-electron chi connectivity index (χ2n) is 6.89. The highest BCUT2D eigenvalue weighted by Gasteiger charge is 2.35. The summed E-state index contributed by atoms with van der Waals surface area (Å²) in [5.41, 5.74) is 3.45. The SMILES string of the molecule is CCc1ccc2nc(C)cc(C(=O)NC3(COC)CCCC3)c2c1. The molecule has 1 saturated carbocycles. The monoisotopic (exact) mass is 326 g/mol. The van der Waals surface area contributed by atoms with Crippen LogP contribution in [0.1, 0.15) is 54.2 Å². The number of carbonyl (C=O) groups is 1. The minimum Gasteiger partial charge on any atom is -0.382 e. The molecule has 1 N–H and O–H groups in total. The first-order valence-corrected chi connectivity index (χ1v) is 8.78. The Hall–Kier alpha value is -1.94. The molecule has 0 atom stereocenters. The van der Waals surface area contributed by atoms with Crippen LogP contribution in [-0.2, 0) is 11.2 Å². The van der Waals surface area contributed by atoms with E-state index >= 15 is 0 Å². The first-order chi connectivity index (χ1) is 11.6. The highest BCUT2D eigenvalue weighted by Crippen LogP contribution is 2.31. The Bertz CT molecular complexity index is 749. The van der Waals surface area contributed by atoms with Crippen molar-refractivity contribution >= 4 is 16.8 Å². The van der Waals surface area contributed by atoms with Crippen LogP contribution in [0.25, 0.3) is 10.9 Å². The molecule has 0 bridgehead atoms. The second kappa shape index (κ2) is 6.89. The van der Waals surface area contributed by atoms with Crippen molar-refractivity contribution in [1.82, 2.24) is 10.3 Å². The molecule has 0 radical (unpaired) electrons. The fraction of sp³-hybridized carbons (Fsp3) is 0.500. The summed E-state index contributed by atoms with van der Waals surface area (Å²) in [5, 5.41) is 4.21. The third-order valence-electron chi connectivity index (χ3n) is 5.01. The summed E-state index contributed by atoms with van der Waals surface area (Å²) < 4.78 is 5.39. The lowest BCUT2D eigenvalue weighted by molar-refractivity contribution is 0.0768. The highest BCUT2D eigenvalue weighted by molar-refractivity contribution is 6.06. The fourth-order valence-electron chi connectivity index (χ4n) is 3.75. The lowest BCUT2D eigenvalue weighted by atomic mass is 9.97. The molecule has 1 aromatic carbocycles. The third kappa shape index (κ3) is 3.29. The van der Waals surface area contributed by atoms with Crippen LogP contribution in [0.5, 0.6) is 0 Å². The van der Waals surface area contributed by atoms with Gasteiger partial charge in [0.2, 0.25) is 0 Å². The van der Waals surface area contributed by atoms with Gasteiger partial charge in [-0.3, -0.25) is 9.78 Å². The van der Waals surface area contributed by atoms with Gasteiger partial charge in [0.1, 0.15) is 0 Å². The molecule has 0 unspecified atom stereocenters. The van der Waals surface area contributed by atoms with Crippen molar-refractivity contribution < 1.29 is 9.53 Å². The predicted octanol–water partition coefficient (Wildman–Crippen LogP) is 3.79. The number of benzene rings is 1. The normalized spacial score (nSPS) is 16.5. The van der Waals surface area contributed by atoms with Gasteiger partial charge in [-0.05, 0) is 49.9 Å². The van der Waals surface area contributed by atoms with Crippen molar-refractivity contribution in [3.63, 3.8) is 0 Å². The molecule has 128 valence electrons. The number of hydrogen-bond donors (Lipinski definition) is 1. The Kier molecular flexibility index (Phi) is 4.86. The second-order valence-corrected chi connectivity index (χ2v) is 6.89. The molecule has 1 aliphatic carbocycles. The molecular formula is C20H26N2O2. The Morgan fingerprint density at radius 1 is 1.29 bits per heavy atom. The minimum atomic E-state index is -0.225. The van der Waals surface area contributed by atoms with E-state index in [1.165, 1.54) is 5.56 Å². The van der Waals surface area contributed by atoms with Gasteiger partial charge in [-0.2, -0.15) is 0 Å². The largest absolute Gasteiger partial charge is 0.382 e. The molecule has 1 fully saturated rings. The van der Waals surface area contributed by atoms with E-state index in [4.69, 9.17) is 4.74 Å². The predicted molar refractivity (Wildman–Crippen MR) is 96.4 cm³/mol. The zero-order chi connectivity index (χ0) is 17.2. The van der Waals surface area contributed by atoms with Crippen LogP contribution in [0.15, 0.2) is 24.3 Å². The fourth-order valence-corrected chi connectivity index (χ4v) is 3.75. The summed E-state index contributed by atoms with van der Waals surface area (Å²) in [7, 11) is 1.70. The van der Waals surface area contributed by atoms with Gasteiger partial charge in [0.05, 0.1) is 23.2 Å². The topological polar surface area (TPSA) is 51.2 Å². The van der Waals surface area contributed by atoms with Crippen LogP contribution in [0, 0.1) is 6.92 Å². The molecule has 1 aliphatic rings. The van der Waals surface area contributed by atoms with Gasteiger partial charge < -0.3 is 10.1 Å². The summed E-state index contributed by atoms with van der Waals surface area (Å²) in [6.07, 6.45) is 5.18. The number of aryl methyl sites for hydroxylation is 2. The number of hydrogen-bond acceptors (Lipinski definition) is 3. The quantitative estimate of drug-likeness (QED) is 0.909. The van der Waals surface area contributed by atoms with E-state index in [9.17, 15) is 4.79 Å². The molecule has 0 saturated heterocycles. The maximum atomic E-state index is 13.1. The number of nitrogens with one attached hydrogen (secondary N) is 1. The van der Waals surface area contributed by atoms with Gasteiger partial charge in [-0.25, -0.2) is 0 Å². The van der Waals surface area contributed by atoms with Crippen molar-refractivity contribution in [1.29, 1.82) is 0 Å². The van der Waals surface area contributed by atoms with Gasteiger partial charge in [-0.15, -0.1) is 0 Å². The van der Waals surface area contributed by atoms with Crippen LogP contribution in [0.4, 0.5) is 0 Å². The summed E-state index contributed by atoms with van der Waals surface area (Å²) in [6.45, 7) is 4.63. The molecule has 0 aliphatic heterocycles. The number of fused-ring (bicyclic) bond motifs is 1. The molecule has 24 heavy (non-hydrogen) atoms. The van der Waals surface area contributed by atoms with Crippen molar-refractivity contribution in [2.24, 2.45) is 0 Å². The zero-order valence-corrected chi connectivity index (χ0v) is 14.8. The number of pyridine rings is 1. The van der Waals surface area contributed by atoms with E-state index in [0.29, 0.717) is 6.61 Å². The number of carbonyl (C=O) groups excluding carboxylic acids is 1. The average molecular weight is 326 g/mol. The average Bonchev–Trinajstić information content (AvgIpc) is 3.02. The van der Waals surface area contributed by atoms with E-state index in [1.807, 2.05) is 19.1 Å². The standard InChI is InChI=1S/C20H26N2O2/c1-4-15-7-8-18-16(12-15)17(11-14(2)21-18)19(23)22-20(13-24-3)9-5-6-10-20/h7-8,11-12H,4-6,9-10,13H2,1-3H3,(H,22,23). The van der Waals surface area contributed by atoms with Gasteiger partial charge >= 0.3 is 0 Å². The lowest BCUT2D eigenvalue weighted by Gasteiger charge is -2.29. The Balaban J connectivity index is 1.99. The number of nitrogens with zero attached hydrogens (tertiary/aromatic N) is 1. The number of rotatable bonds is 5. The first-order valence-electron chi connectivity index (χ1n) is 8.78. The highest BCUT2D eigenvalue weighted by atomic mass is 16.5. The number of aromatic nitrogens is 1. The molecular weight excluding hydrogens is 300 g/mol. The minimum absolute atomic E-state index is 0.0160. The molecule has 1 aromatic heterocycles. The maximum absolute atomic E-state index is 13.1. The van der Waals surface area contributed by atoms with Crippen molar-refractivity contribution in [3.05, 3.63) is 41.1 Å². The van der Waals surface area contributed by atoms with E-state index in [0.717, 1.165) is 54.3 Å². The van der Waals surface area contributed by atoms with E-state index in [-0.39, 0.29) is 11.4 Å². The van der Waals surface area contributed by atoms with E-state index in [2.05, 4.69) is 29.4 Å². The summed E-state index contributed by atoms with van der Waals surface area (Å²) >= 11 is 0. The molecule has 3 rings (SSSR count). The van der Waals surface area contributed by atoms with Crippen LogP contribution < -0.4 is 5.32 Å². The third-order valence-corrected chi connectivity index (χ3v) is 5.01. The summed E-state index contributed by atoms with van der Waals surface area (Å²) in [4.78, 5) is 17.6. The van der Waals surface area contributed by atoms with Gasteiger partial charge in [0, 0.05) is 18.2 Å². The Morgan fingerprint density at radius 2 is 2.04 bits per heavy atom. The van der Waals surface area contributed by atoms with Crippen LogP contribution in [-0.4, -0.2) is 30.1 Å².